The van der Waals surface area contributed by atoms with Crippen LogP contribution in [-0.2, 0) is 41.6 Å². The minimum Gasteiger partial charge on any atom is -0.463 e. The molecule has 0 unspecified atom stereocenters. The Balaban J connectivity index is 2.16. The molecule has 0 aromatic heterocycles. The van der Waals surface area contributed by atoms with Gasteiger partial charge in [-0.25, -0.2) is 14.4 Å². The van der Waals surface area contributed by atoms with E-state index in [4.69, 9.17) is 14.2 Å². The average Bonchev–Trinajstić information content (AvgIpc) is 3.05. The van der Waals surface area contributed by atoms with Gasteiger partial charge in [-0.05, 0) is 51.2 Å². The predicted molar refractivity (Wildman–Crippen MR) is 190 cm³/mol. The van der Waals surface area contributed by atoms with Crippen molar-refractivity contribution >= 4 is 30.0 Å². The summed E-state index contributed by atoms with van der Waals surface area (Å²) >= 11 is 0. The number of nitrogens with one attached hydrogen (secondary N) is 5. The van der Waals surface area contributed by atoms with Crippen LogP contribution in [0.25, 0.3) is 0 Å². The van der Waals surface area contributed by atoms with E-state index in [9.17, 15) is 24.0 Å². The SMILES string of the molecule is CCOC(=O)/C=C/[C@H](CNCCNC(=O)OC(C)(C)C)NC(=O)[C@H](Cc1ccccc1)NC(=O)[C@H](CC(C)C)NC(=O)OCc1ccccc1. The van der Waals surface area contributed by atoms with Gasteiger partial charge in [0.1, 0.15) is 24.3 Å². The molecular weight excluding hydrogens is 642 g/mol. The maximum absolute atomic E-state index is 13.8. The number of ether oxygens (including phenoxy) is 3. The number of amides is 4. The molecule has 0 saturated carbocycles. The highest BCUT2D eigenvalue weighted by Crippen LogP contribution is 2.10. The average molecular weight is 696 g/mol. The van der Waals surface area contributed by atoms with E-state index in [0.717, 1.165) is 11.1 Å². The Hall–Kier alpha value is -4.91. The van der Waals surface area contributed by atoms with Crippen molar-refractivity contribution in [2.75, 3.05) is 26.2 Å². The van der Waals surface area contributed by atoms with E-state index in [-0.39, 0.29) is 38.6 Å². The lowest BCUT2D eigenvalue weighted by Gasteiger charge is -2.25. The number of rotatable bonds is 19. The third-order valence-electron chi connectivity index (χ3n) is 6.86. The highest BCUT2D eigenvalue weighted by atomic mass is 16.6. The summed E-state index contributed by atoms with van der Waals surface area (Å²) in [6.07, 6.45) is 1.88. The minimum atomic E-state index is -1.03. The highest BCUT2D eigenvalue weighted by molar-refractivity contribution is 5.91. The van der Waals surface area contributed by atoms with Crippen molar-refractivity contribution in [3.05, 3.63) is 83.9 Å². The molecule has 5 N–H and O–H groups in total. The molecular formula is C37H53N5O8. The summed E-state index contributed by atoms with van der Waals surface area (Å²) in [6.45, 7) is 11.8. The monoisotopic (exact) mass is 695 g/mol. The fraction of sp³-hybridized carbons (Fsp3) is 0.486. The Morgan fingerprint density at radius 3 is 1.98 bits per heavy atom. The predicted octanol–water partition coefficient (Wildman–Crippen LogP) is 3.77. The first-order valence-electron chi connectivity index (χ1n) is 16.9. The second-order valence-electron chi connectivity index (χ2n) is 13.0. The maximum atomic E-state index is 13.8. The summed E-state index contributed by atoms with van der Waals surface area (Å²) in [6, 6.07) is 15.7. The Labute approximate surface area is 295 Å². The zero-order valence-electron chi connectivity index (χ0n) is 30.0. The standard InChI is InChI=1S/C37H53N5O8/c1-7-48-32(43)19-18-29(24-38-20-21-39-35(46)50-37(4,5)6)40-33(44)31(23-27-14-10-8-11-15-27)41-34(45)30(22-26(2)3)42-36(47)49-25-28-16-12-9-13-17-28/h8-19,26,29-31,38H,7,20-25H2,1-6H3,(H,39,46)(H,40,44)(H,41,45)(H,42,47)/b19-18+/t29-,30+,31+/m1/s1. The number of benzene rings is 2. The molecule has 0 radical (unpaired) electrons. The molecule has 0 fully saturated rings. The van der Waals surface area contributed by atoms with E-state index in [1.807, 2.05) is 74.5 Å². The summed E-state index contributed by atoms with van der Waals surface area (Å²) in [5.41, 5.74) is 0.966. The fourth-order valence-corrected chi connectivity index (χ4v) is 4.60. The molecule has 0 aliphatic heterocycles. The van der Waals surface area contributed by atoms with E-state index in [2.05, 4.69) is 26.6 Å². The van der Waals surface area contributed by atoms with Crippen molar-refractivity contribution in [3.8, 4) is 0 Å². The Morgan fingerprint density at radius 1 is 0.760 bits per heavy atom. The first-order valence-corrected chi connectivity index (χ1v) is 16.9. The molecule has 0 aliphatic rings. The van der Waals surface area contributed by atoms with Gasteiger partial charge in [0.2, 0.25) is 11.8 Å². The van der Waals surface area contributed by atoms with E-state index in [0.29, 0.717) is 13.0 Å². The molecule has 0 saturated heterocycles. The largest absolute Gasteiger partial charge is 0.463 e. The molecule has 4 amide bonds. The Kier molecular flexibility index (Phi) is 18.1. The number of carbonyl (C=O) groups is 5. The number of hydrogen-bond acceptors (Lipinski definition) is 9. The minimum absolute atomic E-state index is 0.0353. The van der Waals surface area contributed by atoms with Crippen LogP contribution in [0.1, 0.15) is 59.1 Å². The van der Waals surface area contributed by atoms with Gasteiger partial charge in [-0.15, -0.1) is 0 Å². The molecule has 2 aromatic rings. The third-order valence-corrected chi connectivity index (χ3v) is 6.86. The first-order chi connectivity index (χ1) is 23.8. The van der Waals surface area contributed by atoms with Gasteiger partial charge < -0.3 is 40.8 Å². The van der Waals surface area contributed by atoms with Gasteiger partial charge in [-0.1, -0.05) is 80.6 Å². The first kappa shape index (κ1) is 41.3. The molecule has 0 spiro atoms. The number of hydrogen-bond donors (Lipinski definition) is 5. The fourth-order valence-electron chi connectivity index (χ4n) is 4.60. The molecule has 50 heavy (non-hydrogen) atoms. The van der Waals surface area contributed by atoms with Crippen molar-refractivity contribution < 1.29 is 38.2 Å². The highest BCUT2D eigenvalue weighted by Gasteiger charge is 2.29. The smallest absolute Gasteiger partial charge is 0.408 e. The van der Waals surface area contributed by atoms with Crippen LogP contribution < -0.4 is 26.6 Å². The van der Waals surface area contributed by atoms with Gasteiger partial charge in [0.15, 0.2) is 0 Å². The molecule has 2 aromatic carbocycles. The lowest BCUT2D eigenvalue weighted by Crippen LogP contribution is -2.56. The van der Waals surface area contributed by atoms with Crippen molar-refractivity contribution in [3.63, 3.8) is 0 Å². The molecule has 0 heterocycles. The van der Waals surface area contributed by atoms with Crippen molar-refractivity contribution in [1.82, 2.24) is 26.6 Å². The third kappa shape index (κ3) is 18.0. The summed E-state index contributed by atoms with van der Waals surface area (Å²) in [4.78, 5) is 64.2. The molecule has 3 atom stereocenters. The van der Waals surface area contributed by atoms with E-state index in [1.54, 1.807) is 27.7 Å². The Morgan fingerprint density at radius 2 is 1.38 bits per heavy atom. The van der Waals surface area contributed by atoms with Gasteiger partial charge in [0.25, 0.3) is 0 Å². The van der Waals surface area contributed by atoms with Crippen molar-refractivity contribution in [2.45, 2.75) is 84.7 Å². The lowest BCUT2D eigenvalue weighted by atomic mass is 10.0. The van der Waals surface area contributed by atoms with Crippen LogP contribution in [0.15, 0.2) is 72.8 Å². The number of alkyl carbamates (subject to hydrolysis) is 2. The molecule has 274 valence electrons. The zero-order chi connectivity index (χ0) is 36.9. The van der Waals surface area contributed by atoms with Gasteiger partial charge >= 0.3 is 18.2 Å². The molecule has 13 nitrogen and oxygen atoms in total. The maximum Gasteiger partial charge on any atom is 0.408 e. The van der Waals surface area contributed by atoms with Crippen LogP contribution in [0.3, 0.4) is 0 Å². The van der Waals surface area contributed by atoms with Crippen LogP contribution in [0, 0.1) is 5.92 Å². The van der Waals surface area contributed by atoms with Gasteiger partial charge in [0, 0.05) is 32.1 Å². The van der Waals surface area contributed by atoms with Crippen LogP contribution >= 0.6 is 0 Å². The van der Waals surface area contributed by atoms with E-state index in [1.165, 1.54) is 12.2 Å². The molecule has 0 bridgehead atoms. The van der Waals surface area contributed by atoms with Crippen molar-refractivity contribution in [1.29, 1.82) is 0 Å². The zero-order valence-corrected chi connectivity index (χ0v) is 30.0. The summed E-state index contributed by atoms with van der Waals surface area (Å²) in [7, 11) is 0. The molecule has 13 heteroatoms. The van der Waals surface area contributed by atoms with Gasteiger partial charge in [-0.3, -0.25) is 9.59 Å². The normalized spacial score (nSPS) is 13.1. The molecule has 2 rings (SSSR count). The van der Waals surface area contributed by atoms with E-state index >= 15 is 0 Å². The van der Waals surface area contributed by atoms with Crippen LogP contribution in [-0.4, -0.2) is 79.9 Å². The van der Waals surface area contributed by atoms with Gasteiger partial charge in [0.05, 0.1) is 12.6 Å². The number of carbonyl (C=O) groups excluding carboxylic acids is 5. The van der Waals surface area contributed by atoms with Crippen LogP contribution in [0.2, 0.25) is 0 Å². The second-order valence-corrected chi connectivity index (χ2v) is 13.0. The second kappa shape index (κ2) is 21.9. The quantitative estimate of drug-likeness (QED) is 0.0635. The summed E-state index contributed by atoms with van der Waals surface area (Å²) in [5, 5.41) is 14.2. The number of esters is 1. The summed E-state index contributed by atoms with van der Waals surface area (Å²) < 4.78 is 15.6. The lowest BCUT2D eigenvalue weighted by molar-refractivity contribution is -0.137. The summed E-state index contributed by atoms with van der Waals surface area (Å²) in [5.74, 6) is -1.59. The topological polar surface area (TPSA) is 173 Å². The molecule has 0 aliphatic carbocycles. The van der Waals surface area contributed by atoms with Crippen molar-refractivity contribution in [2.24, 2.45) is 5.92 Å². The van der Waals surface area contributed by atoms with Crippen LogP contribution in [0.4, 0.5) is 9.59 Å². The van der Waals surface area contributed by atoms with Gasteiger partial charge in [-0.2, -0.15) is 0 Å². The van der Waals surface area contributed by atoms with Crippen LogP contribution in [0.5, 0.6) is 0 Å². The Bertz CT molecular complexity index is 1380. The van der Waals surface area contributed by atoms with E-state index < -0.39 is 53.7 Å².